The Bertz CT molecular complexity index is 814. The lowest BCUT2D eigenvalue weighted by atomic mass is 9.89. The van der Waals surface area contributed by atoms with Crippen LogP contribution in [0.25, 0.3) is 11.1 Å². The molecular formula is C24H29F3O2. The third kappa shape index (κ3) is 5.13. The van der Waals surface area contributed by atoms with E-state index in [0.717, 1.165) is 24.8 Å². The number of unbranched alkanes of at least 4 members (excludes halogenated alkanes) is 2. The quantitative estimate of drug-likeness (QED) is 0.439. The van der Waals surface area contributed by atoms with Gasteiger partial charge in [-0.05, 0) is 49.9 Å². The fourth-order valence-electron chi connectivity index (χ4n) is 3.93. The summed E-state index contributed by atoms with van der Waals surface area (Å²) in [4.78, 5) is 0. The Kier molecular flexibility index (Phi) is 7.59. The topological polar surface area (TPSA) is 18.5 Å². The Labute approximate surface area is 171 Å². The maximum absolute atomic E-state index is 14.8. The van der Waals surface area contributed by atoms with Crippen molar-refractivity contribution >= 4 is 0 Å². The molecule has 0 saturated carbocycles. The Balaban J connectivity index is 1.71. The summed E-state index contributed by atoms with van der Waals surface area (Å²) in [5, 5.41) is 0. The monoisotopic (exact) mass is 406 g/mol. The van der Waals surface area contributed by atoms with Gasteiger partial charge in [0, 0.05) is 17.0 Å². The number of halogens is 3. The largest absolute Gasteiger partial charge is 0.491 e. The minimum atomic E-state index is -1.10. The third-order valence-corrected chi connectivity index (χ3v) is 5.60. The van der Waals surface area contributed by atoms with E-state index >= 15 is 0 Å². The standard InChI is InChI=1S/C24H29F3O2/c1-3-5-6-7-18-10-8-17(15-29-18)16-9-11-19(21(25)14-16)20-12-13-22(28-4-2)24(27)23(20)26/h9,11-14,17-18H,3-8,10,15H2,1-2H3. The molecule has 0 N–H and O–H groups in total. The summed E-state index contributed by atoms with van der Waals surface area (Å²) < 4.78 is 54.4. The maximum atomic E-state index is 14.8. The van der Waals surface area contributed by atoms with Crippen LogP contribution in [0.15, 0.2) is 30.3 Å². The van der Waals surface area contributed by atoms with Crippen LogP contribution in [-0.4, -0.2) is 19.3 Å². The number of ether oxygens (including phenoxy) is 2. The molecule has 0 amide bonds. The first-order chi connectivity index (χ1) is 14.0. The smallest absolute Gasteiger partial charge is 0.201 e. The minimum Gasteiger partial charge on any atom is -0.491 e. The van der Waals surface area contributed by atoms with Gasteiger partial charge in [-0.25, -0.2) is 8.78 Å². The summed E-state index contributed by atoms with van der Waals surface area (Å²) in [5.41, 5.74) is 0.776. The lowest BCUT2D eigenvalue weighted by Gasteiger charge is -2.29. The van der Waals surface area contributed by atoms with Crippen molar-refractivity contribution in [2.45, 2.75) is 64.4 Å². The van der Waals surface area contributed by atoms with Crippen LogP contribution in [0.3, 0.4) is 0 Å². The van der Waals surface area contributed by atoms with Crippen LogP contribution in [0.2, 0.25) is 0 Å². The van der Waals surface area contributed by atoms with E-state index in [1.54, 1.807) is 13.0 Å². The van der Waals surface area contributed by atoms with Crippen LogP contribution in [-0.2, 0) is 4.74 Å². The van der Waals surface area contributed by atoms with E-state index in [-0.39, 0.29) is 29.4 Å². The van der Waals surface area contributed by atoms with Gasteiger partial charge in [-0.1, -0.05) is 38.3 Å². The number of benzene rings is 2. The zero-order valence-electron chi connectivity index (χ0n) is 17.1. The number of rotatable bonds is 8. The van der Waals surface area contributed by atoms with Gasteiger partial charge in [0.2, 0.25) is 5.82 Å². The fraction of sp³-hybridized carbons (Fsp3) is 0.500. The van der Waals surface area contributed by atoms with Crippen molar-refractivity contribution in [3.05, 3.63) is 53.3 Å². The minimum absolute atomic E-state index is 0.0439. The average Bonchev–Trinajstić information content (AvgIpc) is 2.73. The predicted octanol–water partition coefficient (Wildman–Crippen LogP) is 7.01. The molecule has 2 aromatic rings. The van der Waals surface area contributed by atoms with Crippen LogP contribution in [0.1, 0.15) is 63.9 Å². The third-order valence-electron chi connectivity index (χ3n) is 5.60. The molecule has 0 aromatic heterocycles. The first-order valence-corrected chi connectivity index (χ1v) is 10.6. The molecule has 0 radical (unpaired) electrons. The van der Waals surface area contributed by atoms with Crippen molar-refractivity contribution in [2.24, 2.45) is 0 Å². The molecule has 2 nitrogen and oxygen atoms in total. The lowest BCUT2D eigenvalue weighted by Crippen LogP contribution is -2.24. The van der Waals surface area contributed by atoms with E-state index in [1.165, 1.54) is 43.5 Å². The van der Waals surface area contributed by atoms with E-state index < -0.39 is 17.5 Å². The first kappa shape index (κ1) is 21.7. The van der Waals surface area contributed by atoms with Crippen molar-refractivity contribution in [3.8, 4) is 16.9 Å². The van der Waals surface area contributed by atoms with Gasteiger partial charge in [0.15, 0.2) is 11.6 Å². The van der Waals surface area contributed by atoms with Crippen molar-refractivity contribution < 1.29 is 22.6 Å². The summed E-state index contributed by atoms with van der Waals surface area (Å²) >= 11 is 0. The van der Waals surface area contributed by atoms with Crippen molar-refractivity contribution in [3.63, 3.8) is 0 Å². The second-order valence-corrected chi connectivity index (χ2v) is 7.64. The normalized spacial score (nSPS) is 19.3. The highest BCUT2D eigenvalue weighted by atomic mass is 19.2. The molecule has 1 saturated heterocycles. The second kappa shape index (κ2) is 10.1. The van der Waals surface area contributed by atoms with Gasteiger partial charge < -0.3 is 9.47 Å². The van der Waals surface area contributed by atoms with Gasteiger partial charge >= 0.3 is 0 Å². The molecule has 158 valence electrons. The molecule has 1 aliphatic heterocycles. The predicted molar refractivity (Wildman–Crippen MR) is 109 cm³/mol. The molecule has 5 heteroatoms. The highest BCUT2D eigenvalue weighted by Gasteiger charge is 2.24. The molecule has 0 aliphatic carbocycles. The summed E-state index contributed by atoms with van der Waals surface area (Å²) in [6.45, 7) is 4.67. The van der Waals surface area contributed by atoms with Crippen molar-refractivity contribution in [2.75, 3.05) is 13.2 Å². The van der Waals surface area contributed by atoms with Gasteiger partial charge in [-0.3, -0.25) is 0 Å². The molecule has 1 aliphatic rings. The summed E-state index contributed by atoms with van der Waals surface area (Å²) in [5.74, 6) is -2.79. The fourth-order valence-corrected chi connectivity index (χ4v) is 3.93. The Morgan fingerprint density at radius 1 is 0.966 bits per heavy atom. The van der Waals surface area contributed by atoms with Gasteiger partial charge in [0.05, 0.1) is 19.3 Å². The van der Waals surface area contributed by atoms with E-state index in [4.69, 9.17) is 9.47 Å². The van der Waals surface area contributed by atoms with Crippen molar-refractivity contribution in [1.82, 2.24) is 0 Å². The van der Waals surface area contributed by atoms with E-state index in [2.05, 4.69) is 6.92 Å². The molecule has 1 heterocycles. The van der Waals surface area contributed by atoms with Crippen LogP contribution < -0.4 is 4.74 Å². The molecule has 0 bridgehead atoms. The highest BCUT2D eigenvalue weighted by Crippen LogP contribution is 2.35. The van der Waals surface area contributed by atoms with Crippen molar-refractivity contribution in [1.29, 1.82) is 0 Å². The average molecular weight is 406 g/mol. The van der Waals surface area contributed by atoms with Gasteiger partial charge in [0.1, 0.15) is 5.82 Å². The van der Waals surface area contributed by atoms with Gasteiger partial charge in [-0.2, -0.15) is 4.39 Å². The van der Waals surface area contributed by atoms with Gasteiger partial charge in [-0.15, -0.1) is 0 Å². The Hall–Kier alpha value is -2.01. The zero-order valence-corrected chi connectivity index (χ0v) is 17.1. The summed E-state index contributed by atoms with van der Waals surface area (Å²) in [6, 6.07) is 7.42. The van der Waals surface area contributed by atoms with Crippen LogP contribution in [0.5, 0.6) is 5.75 Å². The second-order valence-electron chi connectivity index (χ2n) is 7.64. The van der Waals surface area contributed by atoms with Crippen LogP contribution in [0.4, 0.5) is 13.2 Å². The Morgan fingerprint density at radius 2 is 1.76 bits per heavy atom. The van der Waals surface area contributed by atoms with E-state index in [9.17, 15) is 13.2 Å². The molecule has 3 rings (SSSR count). The first-order valence-electron chi connectivity index (χ1n) is 10.6. The SMILES string of the molecule is CCCCCC1CCC(c2ccc(-c3ccc(OCC)c(F)c3F)c(F)c2)CO1. The molecule has 0 spiro atoms. The highest BCUT2D eigenvalue weighted by molar-refractivity contribution is 5.66. The molecule has 2 aromatic carbocycles. The molecule has 2 unspecified atom stereocenters. The molecule has 2 atom stereocenters. The zero-order chi connectivity index (χ0) is 20.8. The number of hydrogen-bond donors (Lipinski definition) is 0. The van der Waals surface area contributed by atoms with Gasteiger partial charge in [0.25, 0.3) is 0 Å². The molecule has 1 fully saturated rings. The van der Waals surface area contributed by atoms with E-state index in [0.29, 0.717) is 12.7 Å². The Morgan fingerprint density at radius 3 is 2.41 bits per heavy atom. The lowest BCUT2D eigenvalue weighted by molar-refractivity contribution is -0.00211. The number of hydrogen-bond acceptors (Lipinski definition) is 2. The summed E-state index contributed by atoms with van der Waals surface area (Å²) in [6.07, 6.45) is 6.88. The molecule has 29 heavy (non-hydrogen) atoms. The molecular weight excluding hydrogens is 377 g/mol. The summed E-state index contributed by atoms with van der Waals surface area (Å²) in [7, 11) is 0. The van der Waals surface area contributed by atoms with Crippen LogP contribution in [0, 0.1) is 17.5 Å². The maximum Gasteiger partial charge on any atom is 0.201 e. The van der Waals surface area contributed by atoms with E-state index in [1.807, 2.05) is 0 Å². The van der Waals surface area contributed by atoms with Crippen LogP contribution >= 0.6 is 0 Å².